The van der Waals surface area contributed by atoms with Crippen LogP contribution in [-0.4, -0.2) is 42.4 Å². The van der Waals surface area contributed by atoms with Crippen molar-refractivity contribution >= 4 is 37.8 Å². The molecule has 0 aromatic carbocycles. The molecule has 0 atom stereocenters. The summed E-state index contributed by atoms with van der Waals surface area (Å²) >= 11 is 3.17. The molecule has 0 radical (unpaired) electrons. The van der Waals surface area contributed by atoms with E-state index in [1.165, 1.54) is 19.4 Å². The molecular formula is C9H12BrN3O4S. The first-order valence-electron chi connectivity index (χ1n) is 4.87. The number of carbonyl (C=O) groups is 1. The van der Waals surface area contributed by atoms with Gasteiger partial charge in [0.2, 0.25) is 0 Å². The summed E-state index contributed by atoms with van der Waals surface area (Å²) in [6, 6.07) is 1.55. The van der Waals surface area contributed by atoms with E-state index in [9.17, 15) is 13.2 Å². The number of pyridine rings is 1. The lowest BCUT2D eigenvalue weighted by atomic mass is 10.4. The van der Waals surface area contributed by atoms with Crippen LogP contribution < -0.4 is 4.72 Å². The summed E-state index contributed by atoms with van der Waals surface area (Å²) in [5.41, 5.74) is 0.298. The van der Waals surface area contributed by atoms with Gasteiger partial charge in [0.15, 0.2) is 0 Å². The number of anilines is 1. The van der Waals surface area contributed by atoms with E-state index in [0.29, 0.717) is 10.2 Å². The van der Waals surface area contributed by atoms with Gasteiger partial charge in [-0.2, -0.15) is 12.7 Å². The Bertz CT molecular complexity index is 534. The predicted octanol–water partition coefficient (Wildman–Crippen LogP) is 0.907. The van der Waals surface area contributed by atoms with Gasteiger partial charge in [-0.25, -0.2) is 0 Å². The van der Waals surface area contributed by atoms with Crippen molar-refractivity contribution in [2.75, 3.05) is 18.3 Å². The van der Waals surface area contributed by atoms with Gasteiger partial charge in [-0.1, -0.05) is 0 Å². The van der Waals surface area contributed by atoms with Gasteiger partial charge in [-0.05, 0) is 22.0 Å². The minimum absolute atomic E-state index is 0.105. The minimum atomic E-state index is -3.77. The molecule has 0 amide bonds. The van der Waals surface area contributed by atoms with Crippen molar-refractivity contribution in [3.05, 3.63) is 22.9 Å². The number of carboxylic acids is 1. The van der Waals surface area contributed by atoms with Crippen molar-refractivity contribution in [2.24, 2.45) is 0 Å². The Morgan fingerprint density at radius 1 is 1.56 bits per heavy atom. The number of aromatic nitrogens is 1. The molecule has 9 heteroatoms. The third-order valence-corrected chi connectivity index (χ3v) is 3.93. The molecule has 1 aromatic rings. The summed E-state index contributed by atoms with van der Waals surface area (Å²) in [6.07, 6.45) is 2.62. The summed E-state index contributed by atoms with van der Waals surface area (Å²) in [7, 11) is -2.46. The number of rotatable bonds is 6. The highest BCUT2D eigenvalue weighted by Gasteiger charge is 2.18. The first-order valence-corrected chi connectivity index (χ1v) is 7.11. The van der Waals surface area contributed by atoms with E-state index in [0.717, 1.165) is 4.31 Å². The molecule has 0 spiro atoms. The first kappa shape index (κ1) is 14.9. The second kappa shape index (κ2) is 6.12. The lowest BCUT2D eigenvalue weighted by molar-refractivity contribution is -0.137. The van der Waals surface area contributed by atoms with Gasteiger partial charge in [0.05, 0.1) is 18.3 Å². The monoisotopic (exact) mass is 337 g/mol. The number of carboxylic acid groups (broad SMARTS) is 1. The molecule has 0 unspecified atom stereocenters. The van der Waals surface area contributed by atoms with Crippen LogP contribution in [-0.2, 0) is 15.0 Å². The molecule has 1 rings (SSSR count). The Balaban J connectivity index is 2.72. The molecular weight excluding hydrogens is 326 g/mol. The molecule has 0 aliphatic rings. The highest BCUT2D eigenvalue weighted by molar-refractivity contribution is 9.10. The van der Waals surface area contributed by atoms with Gasteiger partial charge < -0.3 is 5.11 Å². The summed E-state index contributed by atoms with van der Waals surface area (Å²) in [5, 5.41) is 8.50. The van der Waals surface area contributed by atoms with E-state index in [-0.39, 0.29) is 13.0 Å². The number of nitrogens with one attached hydrogen (secondary N) is 1. The fourth-order valence-corrected chi connectivity index (χ4v) is 2.33. The zero-order valence-corrected chi connectivity index (χ0v) is 11.9. The van der Waals surface area contributed by atoms with Gasteiger partial charge in [0.25, 0.3) is 0 Å². The maximum absolute atomic E-state index is 11.8. The second-order valence-corrected chi connectivity index (χ2v) is 6.16. The molecule has 1 aromatic heterocycles. The van der Waals surface area contributed by atoms with Gasteiger partial charge in [0, 0.05) is 24.3 Å². The van der Waals surface area contributed by atoms with Crippen LogP contribution in [0.3, 0.4) is 0 Å². The molecule has 7 nitrogen and oxygen atoms in total. The molecule has 0 aliphatic carbocycles. The van der Waals surface area contributed by atoms with E-state index in [4.69, 9.17) is 5.11 Å². The standard InChI is InChI=1S/C9H12BrN3O4S/c1-13(3-2-9(14)15)18(16,17)12-8-4-7(10)5-11-6-8/h4-6,12H,2-3H2,1H3,(H,14,15). The van der Waals surface area contributed by atoms with Gasteiger partial charge in [-0.3, -0.25) is 14.5 Å². The average molecular weight is 338 g/mol. The molecule has 2 N–H and O–H groups in total. The average Bonchev–Trinajstić information content (AvgIpc) is 2.25. The lowest BCUT2D eigenvalue weighted by Crippen LogP contribution is -2.34. The minimum Gasteiger partial charge on any atom is -0.481 e. The van der Waals surface area contributed by atoms with E-state index in [1.807, 2.05) is 0 Å². The van der Waals surface area contributed by atoms with Crippen molar-refractivity contribution in [1.82, 2.24) is 9.29 Å². The molecule has 100 valence electrons. The maximum atomic E-state index is 11.8. The van der Waals surface area contributed by atoms with Crippen LogP contribution in [0.2, 0.25) is 0 Å². The second-order valence-electron chi connectivity index (χ2n) is 3.46. The van der Waals surface area contributed by atoms with Crippen molar-refractivity contribution in [1.29, 1.82) is 0 Å². The molecule has 0 bridgehead atoms. The third-order valence-electron chi connectivity index (χ3n) is 2.00. The Morgan fingerprint density at radius 3 is 2.78 bits per heavy atom. The van der Waals surface area contributed by atoms with Crippen LogP contribution in [0, 0.1) is 0 Å². The van der Waals surface area contributed by atoms with Crippen LogP contribution in [0.15, 0.2) is 22.9 Å². The topological polar surface area (TPSA) is 99.6 Å². The van der Waals surface area contributed by atoms with Crippen LogP contribution in [0.5, 0.6) is 0 Å². The Kier molecular flexibility index (Phi) is 5.05. The van der Waals surface area contributed by atoms with Gasteiger partial charge in [-0.15, -0.1) is 0 Å². The normalized spacial score (nSPS) is 11.5. The Labute approximate surface area is 113 Å². The fourth-order valence-electron chi connectivity index (χ4n) is 1.07. The Morgan fingerprint density at radius 2 is 2.22 bits per heavy atom. The zero-order chi connectivity index (χ0) is 13.8. The largest absolute Gasteiger partial charge is 0.481 e. The van der Waals surface area contributed by atoms with Crippen LogP contribution >= 0.6 is 15.9 Å². The highest BCUT2D eigenvalue weighted by atomic mass is 79.9. The molecule has 0 fully saturated rings. The van der Waals surface area contributed by atoms with Crippen molar-refractivity contribution < 1.29 is 18.3 Å². The molecule has 0 saturated heterocycles. The van der Waals surface area contributed by atoms with Gasteiger partial charge in [0.1, 0.15) is 0 Å². The number of hydrogen-bond acceptors (Lipinski definition) is 4. The number of hydrogen-bond donors (Lipinski definition) is 2. The molecule has 0 saturated carbocycles. The molecule has 0 aliphatic heterocycles. The number of aliphatic carboxylic acids is 1. The first-order chi connectivity index (χ1) is 8.31. The van der Waals surface area contributed by atoms with E-state index < -0.39 is 16.2 Å². The summed E-state index contributed by atoms with van der Waals surface area (Å²) < 4.78 is 27.5. The van der Waals surface area contributed by atoms with E-state index in [2.05, 4.69) is 25.6 Å². The lowest BCUT2D eigenvalue weighted by Gasteiger charge is -2.17. The summed E-state index contributed by atoms with van der Waals surface area (Å²) in [4.78, 5) is 14.2. The van der Waals surface area contributed by atoms with Crippen LogP contribution in [0.4, 0.5) is 5.69 Å². The molecule has 1 heterocycles. The number of halogens is 1. The summed E-state index contributed by atoms with van der Waals surface area (Å²) in [6.45, 7) is -0.105. The SMILES string of the molecule is CN(CCC(=O)O)S(=O)(=O)Nc1cncc(Br)c1. The highest BCUT2D eigenvalue weighted by Crippen LogP contribution is 2.15. The van der Waals surface area contributed by atoms with Crippen molar-refractivity contribution in [3.8, 4) is 0 Å². The van der Waals surface area contributed by atoms with Crippen LogP contribution in [0.1, 0.15) is 6.42 Å². The van der Waals surface area contributed by atoms with Gasteiger partial charge >= 0.3 is 16.2 Å². The van der Waals surface area contributed by atoms with Crippen molar-refractivity contribution in [3.63, 3.8) is 0 Å². The van der Waals surface area contributed by atoms with Crippen molar-refractivity contribution in [2.45, 2.75) is 6.42 Å². The van der Waals surface area contributed by atoms with Crippen LogP contribution in [0.25, 0.3) is 0 Å². The van der Waals surface area contributed by atoms with E-state index in [1.54, 1.807) is 6.07 Å². The predicted molar refractivity (Wildman–Crippen MR) is 69.4 cm³/mol. The maximum Gasteiger partial charge on any atom is 0.304 e. The van der Waals surface area contributed by atoms with E-state index >= 15 is 0 Å². The number of nitrogens with zero attached hydrogens (tertiary/aromatic N) is 2. The smallest absolute Gasteiger partial charge is 0.304 e. The molecule has 18 heavy (non-hydrogen) atoms. The zero-order valence-electron chi connectivity index (χ0n) is 9.50. The fraction of sp³-hybridized carbons (Fsp3) is 0.333. The summed E-state index contributed by atoms with van der Waals surface area (Å²) in [5.74, 6) is -1.05. The quantitative estimate of drug-likeness (QED) is 0.803. The Hall–Kier alpha value is -1.19. The third kappa shape index (κ3) is 4.59.